The summed E-state index contributed by atoms with van der Waals surface area (Å²) in [5.41, 5.74) is 0.967. The summed E-state index contributed by atoms with van der Waals surface area (Å²) >= 11 is 9.52. The first-order chi connectivity index (χ1) is 8.63. The van der Waals surface area contributed by atoms with Gasteiger partial charge >= 0.3 is 0 Å². The Hall–Kier alpha value is -0.540. The lowest BCUT2D eigenvalue weighted by Gasteiger charge is -2.26. The minimum atomic E-state index is 0.0929. The lowest BCUT2D eigenvalue weighted by molar-refractivity contribution is -0.121. The molecule has 0 atom stereocenters. The Kier molecular flexibility index (Phi) is 5.07. The molecular formula is C14H17BrClNO. The van der Waals surface area contributed by atoms with Gasteiger partial charge in [-0.15, -0.1) is 0 Å². The Morgan fingerprint density at radius 3 is 2.72 bits per heavy atom. The van der Waals surface area contributed by atoms with Crippen LogP contribution in [0.3, 0.4) is 0 Å². The van der Waals surface area contributed by atoms with E-state index in [4.69, 9.17) is 11.6 Å². The predicted octanol–water partition coefficient (Wildman–Crippen LogP) is 3.70. The fraction of sp³-hybridized carbons (Fsp3) is 0.500. The molecule has 0 aromatic heterocycles. The molecule has 0 unspecified atom stereocenters. The van der Waals surface area contributed by atoms with Crippen molar-refractivity contribution in [1.82, 2.24) is 5.32 Å². The van der Waals surface area contributed by atoms with Crippen LogP contribution in [0.1, 0.15) is 31.2 Å². The lowest BCUT2D eigenvalue weighted by atomic mass is 9.95. The van der Waals surface area contributed by atoms with Crippen molar-refractivity contribution in [1.29, 1.82) is 0 Å². The highest BCUT2D eigenvalue weighted by Crippen LogP contribution is 2.24. The van der Waals surface area contributed by atoms with E-state index >= 15 is 0 Å². The van der Waals surface area contributed by atoms with Crippen LogP contribution in [0.15, 0.2) is 24.3 Å². The van der Waals surface area contributed by atoms with Gasteiger partial charge in [0, 0.05) is 15.9 Å². The summed E-state index contributed by atoms with van der Waals surface area (Å²) in [4.78, 5) is 12.5. The summed E-state index contributed by atoms with van der Waals surface area (Å²) in [6.45, 7) is 0. The molecule has 18 heavy (non-hydrogen) atoms. The van der Waals surface area contributed by atoms with E-state index in [2.05, 4.69) is 21.2 Å². The van der Waals surface area contributed by atoms with Crippen molar-refractivity contribution in [2.24, 2.45) is 0 Å². The molecule has 1 fully saturated rings. The van der Waals surface area contributed by atoms with E-state index < -0.39 is 0 Å². The number of amides is 1. The van der Waals surface area contributed by atoms with Crippen molar-refractivity contribution in [2.75, 3.05) is 0 Å². The quantitative estimate of drug-likeness (QED) is 0.841. The number of rotatable bonds is 3. The maximum Gasteiger partial charge on any atom is 0.224 e. The average Bonchev–Trinajstić information content (AvgIpc) is 2.32. The Labute approximate surface area is 121 Å². The Morgan fingerprint density at radius 1 is 1.33 bits per heavy atom. The Morgan fingerprint density at radius 2 is 2.06 bits per heavy atom. The average molecular weight is 331 g/mol. The van der Waals surface area contributed by atoms with Gasteiger partial charge in [0.2, 0.25) is 5.91 Å². The van der Waals surface area contributed by atoms with Crippen LogP contribution in [-0.4, -0.2) is 16.8 Å². The zero-order chi connectivity index (χ0) is 13.0. The largest absolute Gasteiger partial charge is 0.353 e. The normalized spacial score (nSPS) is 23.7. The third kappa shape index (κ3) is 4.29. The maximum absolute atomic E-state index is 11.9. The molecule has 0 aliphatic heterocycles. The number of carbonyl (C=O) groups excluding carboxylic acids is 1. The monoisotopic (exact) mass is 329 g/mol. The van der Waals surface area contributed by atoms with Gasteiger partial charge in [-0.3, -0.25) is 4.79 Å². The maximum atomic E-state index is 11.9. The van der Waals surface area contributed by atoms with Gasteiger partial charge in [0.05, 0.1) is 6.42 Å². The molecule has 0 bridgehead atoms. The van der Waals surface area contributed by atoms with E-state index in [1.54, 1.807) is 0 Å². The fourth-order valence-electron chi connectivity index (χ4n) is 2.31. The molecular weight excluding hydrogens is 314 g/mol. The number of hydrogen-bond donors (Lipinski definition) is 1. The second-order valence-corrected chi connectivity index (χ2v) is 6.55. The molecule has 1 aromatic carbocycles. The topological polar surface area (TPSA) is 29.1 Å². The van der Waals surface area contributed by atoms with Crippen LogP contribution in [0.25, 0.3) is 0 Å². The van der Waals surface area contributed by atoms with Crippen molar-refractivity contribution >= 4 is 33.4 Å². The third-order valence-corrected chi connectivity index (χ3v) is 4.43. The van der Waals surface area contributed by atoms with E-state index in [1.807, 2.05) is 24.3 Å². The highest BCUT2D eigenvalue weighted by molar-refractivity contribution is 9.09. The van der Waals surface area contributed by atoms with Gasteiger partial charge in [0.25, 0.3) is 0 Å². The first-order valence-electron chi connectivity index (χ1n) is 6.31. The Bertz CT molecular complexity index is 416. The van der Waals surface area contributed by atoms with Crippen molar-refractivity contribution < 1.29 is 4.79 Å². The molecule has 1 aliphatic rings. The number of benzene rings is 1. The molecule has 2 rings (SSSR count). The number of alkyl halides is 1. The van der Waals surface area contributed by atoms with Crippen molar-refractivity contribution in [2.45, 2.75) is 43.0 Å². The van der Waals surface area contributed by atoms with Crippen LogP contribution in [-0.2, 0) is 11.2 Å². The number of hydrogen-bond acceptors (Lipinski definition) is 1. The first-order valence-corrected chi connectivity index (χ1v) is 7.61. The summed E-state index contributed by atoms with van der Waals surface area (Å²) in [7, 11) is 0. The van der Waals surface area contributed by atoms with Crippen molar-refractivity contribution in [3.8, 4) is 0 Å². The molecule has 0 spiro atoms. The van der Waals surface area contributed by atoms with Gasteiger partial charge in [0.15, 0.2) is 0 Å². The van der Waals surface area contributed by atoms with Gasteiger partial charge in [0.1, 0.15) is 0 Å². The summed E-state index contributed by atoms with van der Waals surface area (Å²) in [5, 5.41) is 3.79. The molecule has 0 saturated heterocycles. The molecule has 98 valence electrons. The smallest absolute Gasteiger partial charge is 0.224 e. The molecule has 1 N–H and O–H groups in total. The van der Waals surface area contributed by atoms with Crippen LogP contribution in [0.4, 0.5) is 0 Å². The standard InChI is InChI=1S/C14H17BrClNO/c15-11-4-6-13(7-5-11)17-14(18)9-10-2-1-3-12(16)8-10/h1-3,8,11,13H,4-7,9H2,(H,17,18). The van der Waals surface area contributed by atoms with Gasteiger partial charge in [-0.05, 0) is 43.4 Å². The molecule has 2 nitrogen and oxygen atoms in total. The van der Waals surface area contributed by atoms with Gasteiger partial charge in [-0.25, -0.2) is 0 Å². The summed E-state index contributed by atoms with van der Waals surface area (Å²) < 4.78 is 0. The molecule has 4 heteroatoms. The van der Waals surface area contributed by atoms with Crippen molar-refractivity contribution in [3.05, 3.63) is 34.9 Å². The highest BCUT2D eigenvalue weighted by Gasteiger charge is 2.20. The minimum Gasteiger partial charge on any atom is -0.353 e. The van der Waals surface area contributed by atoms with Crippen LogP contribution in [0.5, 0.6) is 0 Å². The van der Waals surface area contributed by atoms with E-state index in [0.717, 1.165) is 31.2 Å². The highest BCUT2D eigenvalue weighted by atomic mass is 79.9. The van der Waals surface area contributed by atoms with Gasteiger partial charge in [-0.2, -0.15) is 0 Å². The number of carbonyl (C=O) groups is 1. The fourth-order valence-corrected chi connectivity index (χ4v) is 3.05. The van der Waals surface area contributed by atoms with Crippen LogP contribution in [0.2, 0.25) is 5.02 Å². The molecule has 1 aliphatic carbocycles. The van der Waals surface area contributed by atoms with Gasteiger partial charge < -0.3 is 5.32 Å². The summed E-state index contributed by atoms with van der Waals surface area (Å²) in [6.07, 6.45) is 4.83. The zero-order valence-corrected chi connectivity index (χ0v) is 12.5. The number of halogens is 2. The molecule has 1 aromatic rings. The van der Waals surface area contributed by atoms with Gasteiger partial charge in [-0.1, -0.05) is 39.7 Å². The third-order valence-electron chi connectivity index (χ3n) is 3.28. The molecule has 1 amide bonds. The SMILES string of the molecule is O=C(Cc1cccc(Cl)c1)NC1CCC(Br)CC1. The molecule has 0 heterocycles. The molecule has 0 radical (unpaired) electrons. The first kappa shape index (κ1) is 13.9. The minimum absolute atomic E-state index is 0.0929. The number of nitrogens with one attached hydrogen (secondary N) is 1. The zero-order valence-electron chi connectivity index (χ0n) is 10.2. The van der Waals surface area contributed by atoms with Crippen LogP contribution >= 0.6 is 27.5 Å². The van der Waals surface area contributed by atoms with E-state index in [1.165, 1.54) is 0 Å². The second-order valence-electron chi connectivity index (χ2n) is 4.82. The molecule has 1 saturated carbocycles. The van der Waals surface area contributed by atoms with E-state index in [0.29, 0.717) is 22.3 Å². The van der Waals surface area contributed by atoms with Crippen LogP contribution < -0.4 is 5.32 Å². The summed E-state index contributed by atoms with van der Waals surface area (Å²) in [6, 6.07) is 7.81. The second kappa shape index (κ2) is 6.58. The van der Waals surface area contributed by atoms with E-state index in [9.17, 15) is 4.79 Å². The summed E-state index contributed by atoms with van der Waals surface area (Å²) in [5.74, 6) is 0.0929. The Balaban J connectivity index is 1.82. The van der Waals surface area contributed by atoms with E-state index in [-0.39, 0.29) is 5.91 Å². The predicted molar refractivity (Wildman–Crippen MR) is 78.3 cm³/mol. The lowest BCUT2D eigenvalue weighted by Crippen LogP contribution is -2.38. The van der Waals surface area contributed by atoms with Crippen molar-refractivity contribution in [3.63, 3.8) is 0 Å². The van der Waals surface area contributed by atoms with Crippen LogP contribution in [0, 0.1) is 0 Å².